The van der Waals surface area contributed by atoms with E-state index in [2.05, 4.69) is 22.1 Å². The Morgan fingerprint density at radius 3 is 1.86 bits per heavy atom. The van der Waals surface area contributed by atoms with Crippen LogP contribution in [0.4, 0.5) is 4.79 Å². The first kappa shape index (κ1) is 9.87. The minimum atomic E-state index is -0.773. The van der Waals surface area contributed by atoms with E-state index in [1.807, 2.05) is 0 Å². The molecule has 0 spiro atoms. The molecule has 0 unspecified atom stereocenters. The third-order valence-electron chi connectivity index (χ3n) is 0.160. The number of carbonyl (C=O) groups is 1. The molecule has 44 valence electrons. The average molecular weight is 126 g/mol. The third kappa shape index (κ3) is 26.8. The first-order valence-corrected chi connectivity index (χ1v) is 1.96. The van der Waals surface area contributed by atoms with E-state index in [-0.39, 0.29) is 0 Å². The van der Waals surface area contributed by atoms with Gasteiger partial charge in [0.25, 0.3) is 0 Å². The highest BCUT2D eigenvalue weighted by Gasteiger charge is 1.80. The SMILES string of the molecule is CN.COC(=O)Cl. The Balaban J connectivity index is 0. The van der Waals surface area contributed by atoms with Crippen molar-refractivity contribution < 1.29 is 9.53 Å². The molecule has 0 aliphatic heterocycles. The highest BCUT2D eigenvalue weighted by Crippen LogP contribution is 1.78. The van der Waals surface area contributed by atoms with Gasteiger partial charge in [0, 0.05) is 11.6 Å². The van der Waals surface area contributed by atoms with Crippen LogP contribution in [0.15, 0.2) is 0 Å². The van der Waals surface area contributed by atoms with Crippen LogP contribution in [0.3, 0.4) is 0 Å². The van der Waals surface area contributed by atoms with Gasteiger partial charge >= 0.3 is 5.43 Å². The van der Waals surface area contributed by atoms with Crippen molar-refractivity contribution in [2.75, 3.05) is 14.2 Å². The molecule has 3 nitrogen and oxygen atoms in total. The number of halogens is 1. The van der Waals surface area contributed by atoms with Gasteiger partial charge in [-0.15, -0.1) is 0 Å². The predicted molar refractivity (Wildman–Crippen MR) is 28.4 cm³/mol. The van der Waals surface area contributed by atoms with Crippen molar-refractivity contribution in [1.29, 1.82) is 0 Å². The van der Waals surface area contributed by atoms with E-state index in [1.165, 1.54) is 14.2 Å². The molecule has 0 saturated heterocycles. The average Bonchev–Trinajstić information content (AvgIpc) is 1.73. The maximum Gasteiger partial charge on any atom is 0.403 e. The fraction of sp³-hybridized carbons (Fsp3) is 0.667. The van der Waals surface area contributed by atoms with Gasteiger partial charge in [-0.05, 0) is 7.05 Å². The van der Waals surface area contributed by atoms with Crippen molar-refractivity contribution in [3.8, 4) is 0 Å². The lowest BCUT2D eigenvalue weighted by atomic mass is 11.5. The fourth-order valence-electron chi connectivity index (χ4n) is 0. The molecule has 0 amide bonds. The first-order chi connectivity index (χ1) is 3.27. The van der Waals surface area contributed by atoms with Crippen LogP contribution < -0.4 is 5.73 Å². The van der Waals surface area contributed by atoms with E-state index in [9.17, 15) is 4.79 Å². The second kappa shape index (κ2) is 9.21. The van der Waals surface area contributed by atoms with Crippen molar-refractivity contribution in [3.63, 3.8) is 0 Å². The van der Waals surface area contributed by atoms with Gasteiger partial charge in [0.15, 0.2) is 0 Å². The summed E-state index contributed by atoms with van der Waals surface area (Å²) in [6, 6.07) is 0. The van der Waals surface area contributed by atoms with E-state index in [0.717, 1.165) is 0 Å². The van der Waals surface area contributed by atoms with Crippen molar-refractivity contribution >= 4 is 17.0 Å². The second-order valence-electron chi connectivity index (χ2n) is 0.442. The van der Waals surface area contributed by atoms with E-state index >= 15 is 0 Å². The zero-order valence-electron chi connectivity index (χ0n) is 4.27. The topological polar surface area (TPSA) is 52.3 Å². The molecule has 0 saturated carbocycles. The fourth-order valence-corrected chi connectivity index (χ4v) is 0. The summed E-state index contributed by atoms with van der Waals surface area (Å²) >= 11 is 4.60. The summed E-state index contributed by atoms with van der Waals surface area (Å²) in [7, 11) is 2.72. The zero-order valence-corrected chi connectivity index (χ0v) is 5.03. The molecule has 0 atom stereocenters. The smallest absolute Gasteiger partial charge is 0.403 e. The third-order valence-corrected chi connectivity index (χ3v) is 0.315. The largest absolute Gasteiger partial charge is 0.457 e. The van der Waals surface area contributed by atoms with Crippen LogP contribution in [-0.2, 0) is 4.74 Å². The minimum absolute atomic E-state index is 0.773. The number of hydrogen-bond acceptors (Lipinski definition) is 3. The van der Waals surface area contributed by atoms with Gasteiger partial charge in [-0.2, -0.15) is 0 Å². The number of carbonyl (C=O) groups excluding carboxylic acids is 1. The number of ether oxygens (including phenoxy) is 1. The van der Waals surface area contributed by atoms with Crippen molar-refractivity contribution in [2.45, 2.75) is 0 Å². The molecule has 0 bridgehead atoms. The minimum Gasteiger partial charge on any atom is -0.457 e. The number of rotatable bonds is 0. The number of hydrogen-bond donors (Lipinski definition) is 1. The molecule has 7 heavy (non-hydrogen) atoms. The lowest BCUT2D eigenvalue weighted by molar-refractivity contribution is 0.198. The van der Waals surface area contributed by atoms with Gasteiger partial charge in [-0.3, -0.25) is 0 Å². The second-order valence-corrected chi connectivity index (χ2v) is 0.750. The van der Waals surface area contributed by atoms with Gasteiger partial charge in [0.2, 0.25) is 0 Å². The molecule has 0 radical (unpaired) electrons. The Morgan fingerprint density at radius 2 is 1.86 bits per heavy atom. The highest BCUT2D eigenvalue weighted by atomic mass is 35.5. The van der Waals surface area contributed by atoms with Crippen molar-refractivity contribution in [1.82, 2.24) is 0 Å². The van der Waals surface area contributed by atoms with Crippen LogP contribution in [0.25, 0.3) is 0 Å². The summed E-state index contributed by atoms with van der Waals surface area (Å²) in [5.41, 5.74) is 3.73. The van der Waals surface area contributed by atoms with Crippen molar-refractivity contribution in [2.24, 2.45) is 5.73 Å². The Labute approximate surface area is 47.4 Å². The lowest BCUT2D eigenvalue weighted by Crippen LogP contribution is -1.80. The highest BCUT2D eigenvalue weighted by molar-refractivity contribution is 6.61. The zero-order chi connectivity index (χ0) is 6.28. The molecule has 0 fully saturated rings. The summed E-state index contributed by atoms with van der Waals surface area (Å²) in [6.45, 7) is 0. The van der Waals surface area contributed by atoms with Crippen LogP contribution in [0.1, 0.15) is 0 Å². The van der Waals surface area contributed by atoms with Gasteiger partial charge in [-0.25, -0.2) is 4.79 Å². The molecule has 2 N–H and O–H groups in total. The Morgan fingerprint density at radius 1 is 1.71 bits per heavy atom. The molecule has 0 aromatic carbocycles. The van der Waals surface area contributed by atoms with Crippen LogP contribution in [0, 0.1) is 0 Å². The molecular weight excluding hydrogens is 117 g/mol. The Hall–Kier alpha value is -0.280. The monoisotopic (exact) mass is 125 g/mol. The van der Waals surface area contributed by atoms with Crippen molar-refractivity contribution in [3.05, 3.63) is 0 Å². The quantitative estimate of drug-likeness (QED) is 0.482. The molecule has 0 aromatic heterocycles. The summed E-state index contributed by atoms with van der Waals surface area (Å²) in [4.78, 5) is 9.36. The Bertz CT molecular complexity index is 48.2. The van der Waals surface area contributed by atoms with E-state index in [4.69, 9.17) is 0 Å². The van der Waals surface area contributed by atoms with Gasteiger partial charge in [0.1, 0.15) is 0 Å². The lowest BCUT2D eigenvalue weighted by Gasteiger charge is -1.77. The number of methoxy groups -OCH3 is 1. The van der Waals surface area contributed by atoms with Gasteiger partial charge in [0.05, 0.1) is 7.11 Å². The van der Waals surface area contributed by atoms with E-state index in [0.29, 0.717) is 0 Å². The van der Waals surface area contributed by atoms with Crippen LogP contribution in [0.2, 0.25) is 0 Å². The van der Waals surface area contributed by atoms with Gasteiger partial charge < -0.3 is 10.5 Å². The Kier molecular flexibility index (Phi) is 13.0. The summed E-state index contributed by atoms with van der Waals surface area (Å²) in [6.07, 6.45) is 0. The molecule has 0 aromatic rings. The molecule has 0 aliphatic rings. The standard InChI is InChI=1S/C2H3ClO2.CH5N/c1-5-2(3)4;1-2/h1H3;2H2,1H3. The normalized spacial score (nSPS) is 5.71. The summed E-state index contributed by atoms with van der Waals surface area (Å²) < 4.78 is 3.88. The molecule has 4 heteroatoms. The summed E-state index contributed by atoms with van der Waals surface area (Å²) in [5, 5.41) is 0. The first-order valence-electron chi connectivity index (χ1n) is 1.58. The van der Waals surface area contributed by atoms with Crippen LogP contribution in [0.5, 0.6) is 0 Å². The van der Waals surface area contributed by atoms with Gasteiger partial charge in [-0.1, -0.05) is 0 Å². The van der Waals surface area contributed by atoms with E-state index < -0.39 is 5.43 Å². The predicted octanol–water partition coefficient (Wildman–Crippen LogP) is 0.567. The molecule has 0 rings (SSSR count). The molecule has 0 aliphatic carbocycles. The van der Waals surface area contributed by atoms with E-state index in [1.54, 1.807) is 0 Å². The maximum absolute atomic E-state index is 9.36. The number of nitrogens with two attached hydrogens (primary N) is 1. The maximum atomic E-state index is 9.36. The summed E-state index contributed by atoms with van der Waals surface area (Å²) in [5.74, 6) is 0. The molecular formula is C3H8ClNO2. The van der Waals surface area contributed by atoms with Crippen LogP contribution in [-0.4, -0.2) is 19.6 Å². The van der Waals surface area contributed by atoms with Crippen LogP contribution >= 0.6 is 11.6 Å². The molecule has 0 heterocycles.